The first kappa shape index (κ1) is 27.9. The topological polar surface area (TPSA) is 114 Å². The average molecular weight is 613 g/mol. The molecule has 200 valence electrons. The highest BCUT2D eigenvalue weighted by Crippen LogP contribution is 2.37. The quantitative estimate of drug-likeness (QED) is 0.272. The third-order valence-corrected chi connectivity index (χ3v) is 6.79. The second kappa shape index (κ2) is 11.7. The third kappa shape index (κ3) is 6.13. The third-order valence-electron chi connectivity index (χ3n) is 5.98. The lowest BCUT2D eigenvalue weighted by Crippen LogP contribution is -2.54. The number of anilines is 2. The molecule has 11 heteroatoms. The maximum absolute atomic E-state index is 13.1. The predicted octanol–water partition coefficient (Wildman–Crippen LogP) is 5.41. The number of hydrogen-bond acceptors (Lipinski definition) is 6. The molecule has 1 saturated heterocycles. The van der Waals surface area contributed by atoms with Gasteiger partial charge in [0.1, 0.15) is 5.57 Å². The van der Waals surface area contributed by atoms with Crippen molar-refractivity contribution in [3.05, 3.63) is 86.4 Å². The summed E-state index contributed by atoms with van der Waals surface area (Å²) < 4.78 is 11.8. The second-order valence-corrected chi connectivity index (χ2v) is 9.88. The first-order valence-electron chi connectivity index (χ1n) is 11.6. The summed E-state index contributed by atoms with van der Waals surface area (Å²) >= 11 is 9.74. The molecule has 1 aliphatic heterocycles. The lowest BCUT2D eigenvalue weighted by Gasteiger charge is -2.26. The van der Waals surface area contributed by atoms with E-state index < -0.39 is 23.8 Å². The minimum Gasteiger partial charge on any atom is -0.493 e. The van der Waals surface area contributed by atoms with Gasteiger partial charge >= 0.3 is 6.03 Å². The number of urea groups is 1. The Kier molecular flexibility index (Phi) is 8.37. The number of carbonyl (C=O) groups excluding carboxylic acids is 4. The molecule has 0 atom stereocenters. The van der Waals surface area contributed by atoms with Crippen LogP contribution in [0.3, 0.4) is 0 Å². The van der Waals surface area contributed by atoms with Gasteiger partial charge in [-0.25, -0.2) is 9.69 Å². The number of imide groups is 2. The van der Waals surface area contributed by atoms with Gasteiger partial charge in [0.2, 0.25) is 0 Å². The fraction of sp³-hybridized carbons (Fsp3) is 0.143. The molecule has 0 unspecified atom stereocenters. The van der Waals surface area contributed by atoms with Crippen LogP contribution in [0.15, 0.2) is 64.6 Å². The molecule has 0 aliphatic carbocycles. The van der Waals surface area contributed by atoms with Gasteiger partial charge in [0.05, 0.1) is 17.8 Å². The monoisotopic (exact) mass is 611 g/mol. The molecule has 3 aromatic rings. The zero-order chi connectivity index (χ0) is 28.3. The number of barbiturate groups is 1. The molecule has 0 spiro atoms. The van der Waals surface area contributed by atoms with Crippen LogP contribution in [0.4, 0.5) is 16.2 Å². The summed E-state index contributed by atoms with van der Waals surface area (Å²) in [7, 11) is 1.39. The van der Waals surface area contributed by atoms with Crippen LogP contribution < -0.4 is 25.0 Å². The number of carbonyl (C=O) groups is 4. The van der Waals surface area contributed by atoms with E-state index in [1.165, 1.54) is 25.3 Å². The van der Waals surface area contributed by atoms with Crippen molar-refractivity contribution in [1.82, 2.24) is 5.32 Å². The Balaban J connectivity index is 1.55. The van der Waals surface area contributed by atoms with Crippen LogP contribution >= 0.6 is 27.5 Å². The molecule has 4 rings (SSSR count). The number of methoxy groups -OCH3 is 1. The highest BCUT2D eigenvalue weighted by atomic mass is 79.9. The number of rotatable bonds is 7. The van der Waals surface area contributed by atoms with Crippen molar-refractivity contribution in [2.24, 2.45) is 0 Å². The van der Waals surface area contributed by atoms with E-state index in [2.05, 4.69) is 26.6 Å². The second-order valence-electron chi connectivity index (χ2n) is 8.55. The van der Waals surface area contributed by atoms with E-state index >= 15 is 0 Å². The first-order chi connectivity index (χ1) is 18.6. The molecule has 5 amide bonds. The van der Waals surface area contributed by atoms with Gasteiger partial charge in [-0.2, -0.15) is 0 Å². The Labute approximate surface area is 237 Å². The Bertz CT molecular complexity index is 1520. The number of amides is 5. The van der Waals surface area contributed by atoms with Gasteiger partial charge in [0, 0.05) is 10.2 Å². The van der Waals surface area contributed by atoms with Crippen LogP contribution in [0.25, 0.3) is 6.08 Å². The highest BCUT2D eigenvalue weighted by Gasteiger charge is 2.36. The Morgan fingerprint density at radius 2 is 1.82 bits per heavy atom. The van der Waals surface area contributed by atoms with E-state index in [1.54, 1.807) is 30.3 Å². The van der Waals surface area contributed by atoms with E-state index in [4.69, 9.17) is 21.1 Å². The van der Waals surface area contributed by atoms with Crippen LogP contribution in [0.5, 0.6) is 11.5 Å². The normalized spacial score (nSPS) is 14.3. The molecule has 3 aromatic carbocycles. The van der Waals surface area contributed by atoms with Gasteiger partial charge in [0.25, 0.3) is 17.7 Å². The Morgan fingerprint density at radius 1 is 1.10 bits per heavy atom. The Morgan fingerprint density at radius 3 is 2.51 bits per heavy atom. The maximum Gasteiger partial charge on any atom is 0.335 e. The Hall–Kier alpha value is -4.15. The first-order valence-corrected chi connectivity index (χ1v) is 12.8. The van der Waals surface area contributed by atoms with E-state index in [-0.39, 0.29) is 34.4 Å². The lowest BCUT2D eigenvalue weighted by molar-refractivity contribution is -0.122. The molecule has 1 heterocycles. The number of benzene rings is 3. The van der Waals surface area contributed by atoms with Gasteiger partial charge in [-0.3, -0.25) is 19.7 Å². The van der Waals surface area contributed by atoms with Gasteiger partial charge < -0.3 is 14.8 Å². The lowest BCUT2D eigenvalue weighted by atomic mass is 10.1. The van der Waals surface area contributed by atoms with Crippen molar-refractivity contribution in [3.8, 4) is 11.5 Å². The largest absolute Gasteiger partial charge is 0.493 e. The number of ether oxygens (including phenoxy) is 2. The summed E-state index contributed by atoms with van der Waals surface area (Å²) in [6.07, 6.45) is 1.29. The summed E-state index contributed by atoms with van der Waals surface area (Å²) in [6, 6.07) is 14.2. The van der Waals surface area contributed by atoms with Gasteiger partial charge in [0.15, 0.2) is 18.1 Å². The summed E-state index contributed by atoms with van der Waals surface area (Å²) in [5.74, 6) is -1.75. The number of nitrogens with one attached hydrogen (secondary N) is 2. The van der Waals surface area contributed by atoms with Gasteiger partial charge in [-0.05, 0) is 79.1 Å². The molecule has 0 bridgehead atoms. The number of nitrogens with zero attached hydrogens (tertiary/aromatic N) is 1. The number of hydrogen-bond donors (Lipinski definition) is 2. The van der Waals surface area contributed by atoms with E-state index in [0.717, 1.165) is 20.5 Å². The van der Waals surface area contributed by atoms with Gasteiger partial charge in [-0.1, -0.05) is 39.7 Å². The predicted molar refractivity (Wildman–Crippen MR) is 151 cm³/mol. The zero-order valence-electron chi connectivity index (χ0n) is 21.1. The van der Waals surface area contributed by atoms with Crippen molar-refractivity contribution < 1.29 is 28.7 Å². The van der Waals surface area contributed by atoms with Crippen LogP contribution in [-0.2, 0) is 14.4 Å². The fourth-order valence-corrected chi connectivity index (χ4v) is 4.36. The van der Waals surface area contributed by atoms with Crippen molar-refractivity contribution in [2.75, 3.05) is 23.9 Å². The van der Waals surface area contributed by atoms with Crippen LogP contribution in [0.2, 0.25) is 5.02 Å². The molecule has 0 radical (unpaired) electrons. The van der Waals surface area contributed by atoms with Crippen molar-refractivity contribution in [1.29, 1.82) is 0 Å². The summed E-state index contributed by atoms with van der Waals surface area (Å²) in [4.78, 5) is 51.5. The minimum atomic E-state index is -0.858. The minimum absolute atomic E-state index is 0.0882. The van der Waals surface area contributed by atoms with Crippen molar-refractivity contribution >= 4 is 68.7 Å². The van der Waals surface area contributed by atoms with Crippen LogP contribution in [0.1, 0.15) is 16.7 Å². The molecule has 1 aliphatic rings. The van der Waals surface area contributed by atoms with E-state index in [0.29, 0.717) is 11.3 Å². The molecular formula is C28H23BrClN3O6. The summed E-state index contributed by atoms with van der Waals surface area (Å²) in [5.41, 5.74) is 3.01. The van der Waals surface area contributed by atoms with Crippen LogP contribution in [0, 0.1) is 13.8 Å². The number of halogens is 2. The standard InChI is InChI=1S/C28H23BrClN3O6/c1-15-5-4-6-22(16(15)2)31-24(34)14-39-25-21(30)12-17(13-23(25)38-3)11-20-26(35)32-28(37)33(27(20)36)19-9-7-18(29)8-10-19/h4-13H,14H2,1-3H3,(H,31,34)(H,32,35,37)/b20-11+. The molecular weight excluding hydrogens is 590 g/mol. The SMILES string of the molecule is COc1cc(/C=C2\C(=O)NC(=O)N(c3ccc(Br)cc3)C2=O)cc(Cl)c1OCC(=O)Nc1cccc(C)c1C. The van der Waals surface area contributed by atoms with E-state index in [9.17, 15) is 19.2 Å². The number of aryl methyl sites for hydroxylation is 1. The van der Waals surface area contributed by atoms with Crippen molar-refractivity contribution in [3.63, 3.8) is 0 Å². The summed E-state index contributed by atoms with van der Waals surface area (Å²) in [5, 5.41) is 5.06. The van der Waals surface area contributed by atoms with Crippen LogP contribution in [-0.4, -0.2) is 37.5 Å². The highest BCUT2D eigenvalue weighted by molar-refractivity contribution is 9.10. The molecule has 39 heavy (non-hydrogen) atoms. The fourth-order valence-electron chi connectivity index (χ4n) is 3.82. The molecule has 9 nitrogen and oxygen atoms in total. The molecule has 1 fully saturated rings. The maximum atomic E-state index is 13.1. The van der Waals surface area contributed by atoms with Crippen molar-refractivity contribution in [2.45, 2.75) is 13.8 Å². The van der Waals surface area contributed by atoms with Gasteiger partial charge in [-0.15, -0.1) is 0 Å². The van der Waals surface area contributed by atoms with E-state index in [1.807, 2.05) is 26.0 Å². The molecule has 0 aromatic heterocycles. The molecule has 0 saturated carbocycles. The molecule has 2 N–H and O–H groups in total. The smallest absolute Gasteiger partial charge is 0.335 e. The zero-order valence-corrected chi connectivity index (χ0v) is 23.5. The average Bonchev–Trinajstić information content (AvgIpc) is 2.89. The summed E-state index contributed by atoms with van der Waals surface area (Å²) in [6.45, 7) is 3.52.